The van der Waals surface area contributed by atoms with Crippen molar-refractivity contribution < 1.29 is 9.21 Å². The molecule has 2 aromatic rings. The van der Waals surface area contributed by atoms with Crippen LogP contribution in [-0.2, 0) is 13.0 Å². The number of nitrogens with one attached hydrogen (secondary N) is 3. The van der Waals surface area contributed by atoms with Crippen LogP contribution in [0.15, 0.2) is 52.1 Å². The van der Waals surface area contributed by atoms with Crippen molar-refractivity contribution in [2.75, 3.05) is 13.6 Å². The average molecular weight is 484 g/mol. The van der Waals surface area contributed by atoms with E-state index in [0.29, 0.717) is 18.1 Å². The molecule has 27 heavy (non-hydrogen) atoms. The van der Waals surface area contributed by atoms with Gasteiger partial charge in [0.15, 0.2) is 5.96 Å². The molecule has 0 unspecified atom stereocenters. The molecule has 0 aliphatic heterocycles. The minimum Gasteiger partial charge on any atom is -0.469 e. The Bertz CT molecular complexity index is 737. The molecule has 0 fully saturated rings. The molecule has 0 aliphatic carbocycles. The standard InChI is InChI=1S/C20H28N4O2.HI/c1-20(2,3)24-18(25)16-8-5-7-15(13-16)14-23-19(21-4)22-11-10-17-9-6-12-26-17;/h5-9,12-13H,10-11,14H2,1-4H3,(H,24,25)(H2,21,22,23);1H. The summed E-state index contributed by atoms with van der Waals surface area (Å²) in [5, 5.41) is 9.48. The van der Waals surface area contributed by atoms with Crippen LogP contribution in [0.5, 0.6) is 0 Å². The van der Waals surface area contributed by atoms with Crippen molar-refractivity contribution in [1.82, 2.24) is 16.0 Å². The van der Waals surface area contributed by atoms with Gasteiger partial charge in [-0.15, -0.1) is 24.0 Å². The molecule has 0 bridgehead atoms. The van der Waals surface area contributed by atoms with Crippen LogP contribution in [0.25, 0.3) is 0 Å². The second kappa shape index (κ2) is 11.0. The van der Waals surface area contributed by atoms with Crippen LogP contribution >= 0.6 is 24.0 Å². The fourth-order valence-electron chi connectivity index (χ4n) is 2.40. The van der Waals surface area contributed by atoms with Crippen molar-refractivity contribution in [2.45, 2.75) is 39.3 Å². The molecule has 2 rings (SSSR count). The van der Waals surface area contributed by atoms with Crippen molar-refractivity contribution in [3.8, 4) is 0 Å². The fraction of sp³-hybridized carbons (Fsp3) is 0.400. The summed E-state index contributed by atoms with van der Waals surface area (Å²) in [7, 11) is 1.73. The second-order valence-corrected chi connectivity index (χ2v) is 7.09. The number of halogens is 1. The third-order valence-electron chi connectivity index (χ3n) is 3.61. The molecule has 1 aromatic carbocycles. The van der Waals surface area contributed by atoms with E-state index in [-0.39, 0.29) is 35.4 Å². The molecule has 3 N–H and O–H groups in total. The van der Waals surface area contributed by atoms with E-state index in [9.17, 15) is 4.79 Å². The highest BCUT2D eigenvalue weighted by molar-refractivity contribution is 14.0. The topological polar surface area (TPSA) is 78.7 Å². The average Bonchev–Trinajstić information content (AvgIpc) is 3.10. The summed E-state index contributed by atoms with van der Waals surface area (Å²) in [4.78, 5) is 16.5. The summed E-state index contributed by atoms with van der Waals surface area (Å²) in [5.74, 6) is 1.58. The van der Waals surface area contributed by atoms with Crippen molar-refractivity contribution in [3.63, 3.8) is 0 Å². The highest BCUT2D eigenvalue weighted by Gasteiger charge is 2.15. The van der Waals surface area contributed by atoms with E-state index in [0.717, 1.165) is 24.3 Å². The summed E-state index contributed by atoms with van der Waals surface area (Å²) < 4.78 is 5.31. The number of rotatable bonds is 6. The van der Waals surface area contributed by atoms with E-state index in [4.69, 9.17) is 4.42 Å². The molecular formula is C20H29IN4O2. The molecule has 0 spiro atoms. The monoisotopic (exact) mass is 484 g/mol. The molecule has 0 radical (unpaired) electrons. The Balaban J connectivity index is 0.00000364. The number of furan rings is 1. The lowest BCUT2D eigenvalue weighted by Gasteiger charge is -2.20. The van der Waals surface area contributed by atoms with Crippen LogP contribution < -0.4 is 16.0 Å². The van der Waals surface area contributed by atoms with Gasteiger partial charge < -0.3 is 20.4 Å². The van der Waals surface area contributed by atoms with E-state index < -0.39 is 0 Å². The molecule has 6 nitrogen and oxygen atoms in total. The maximum atomic E-state index is 12.3. The van der Waals surface area contributed by atoms with Crippen LogP contribution in [0.2, 0.25) is 0 Å². The van der Waals surface area contributed by atoms with Crippen molar-refractivity contribution in [1.29, 1.82) is 0 Å². The SMILES string of the molecule is CN=C(NCCc1ccco1)NCc1cccc(C(=O)NC(C)(C)C)c1.I. The van der Waals surface area contributed by atoms with Gasteiger partial charge in [0.2, 0.25) is 0 Å². The number of hydrogen-bond donors (Lipinski definition) is 3. The zero-order valence-corrected chi connectivity index (χ0v) is 18.7. The second-order valence-electron chi connectivity index (χ2n) is 7.09. The number of hydrogen-bond acceptors (Lipinski definition) is 3. The summed E-state index contributed by atoms with van der Waals surface area (Å²) >= 11 is 0. The Morgan fingerprint density at radius 1 is 1.15 bits per heavy atom. The van der Waals surface area contributed by atoms with Gasteiger partial charge in [0.1, 0.15) is 5.76 Å². The third-order valence-corrected chi connectivity index (χ3v) is 3.61. The van der Waals surface area contributed by atoms with Gasteiger partial charge in [-0.3, -0.25) is 9.79 Å². The van der Waals surface area contributed by atoms with E-state index >= 15 is 0 Å². The Morgan fingerprint density at radius 3 is 2.56 bits per heavy atom. The quantitative estimate of drug-likeness (QED) is 0.334. The lowest BCUT2D eigenvalue weighted by atomic mass is 10.1. The van der Waals surface area contributed by atoms with Gasteiger partial charge in [0, 0.05) is 37.7 Å². The molecule has 148 valence electrons. The maximum absolute atomic E-state index is 12.3. The first-order chi connectivity index (χ1) is 12.4. The lowest BCUT2D eigenvalue weighted by molar-refractivity contribution is 0.0919. The Labute approximate surface area is 178 Å². The Hall–Kier alpha value is -2.03. The summed E-state index contributed by atoms with van der Waals surface area (Å²) in [6, 6.07) is 11.4. The van der Waals surface area contributed by atoms with Crippen LogP contribution in [0.4, 0.5) is 0 Å². The van der Waals surface area contributed by atoms with Crippen LogP contribution in [0.1, 0.15) is 42.5 Å². The largest absolute Gasteiger partial charge is 0.469 e. The molecule has 1 amide bonds. The van der Waals surface area contributed by atoms with Gasteiger partial charge in [-0.25, -0.2) is 0 Å². The minimum atomic E-state index is -0.259. The normalized spacial score (nSPS) is 11.5. The molecule has 1 aromatic heterocycles. The minimum absolute atomic E-state index is 0. The molecular weight excluding hydrogens is 455 g/mol. The summed E-state index contributed by atoms with van der Waals surface area (Å²) in [6.07, 6.45) is 2.46. The molecule has 0 saturated heterocycles. The predicted octanol–water partition coefficient (Wildman–Crippen LogP) is 3.33. The van der Waals surface area contributed by atoms with Gasteiger partial charge in [-0.2, -0.15) is 0 Å². The summed E-state index contributed by atoms with van der Waals surface area (Å²) in [6.45, 7) is 7.20. The number of benzene rings is 1. The molecule has 0 aliphatic rings. The number of aliphatic imine (C=N–C) groups is 1. The molecule has 1 heterocycles. The summed E-state index contributed by atoms with van der Waals surface area (Å²) in [5.41, 5.74) is 1.41. The molecule has 0 saturated carbocycles. The Morgan fingerprint density at radius 2 is 1.93 bits per heavy atom. The molecule has 7 heteroatoms. The van der Waals surface area contributed by atoms with Crippen molar-refractivity contribution in [3.05, 3.63) is 59.5 Å². The van der Waals surface area contributed by atoms with Crippen molar-refractivity contribution >= 4 is 35.8 Å². The highest BCUT2D eigenvalue weighted by Crippen LogP contribution is 2.08. The number of guanidine groups is 1. The van der Waals surface area contributed by atoms with Crippen LogP contribution in [0.3, 0.4) is 0 Å². The van der Waals surface area contributed by atoms with Gasteiger partial charge >= 0.3 is 0 Å². The zero-order chi connectivity index (χ0) is 19.0. The van der Waals surface area contributed by atoms with E-state index in [1.165, 1.54) is 0 Å². The van der Waals surface area contributed by atoms with E-state index in [1.807, 2.05) is 57.2 Å². The zero-order valence-electron chi connectivity index (χ0n) is 16.3. The smallest absolute Gasteiger partial charge is 0.251 e. The van der Waals surface area contributed by atoms with Crippen LogP contribution in [0, 0.1) is 0 Å². The first-order valence-electron chi connectivity index (χ1n) is 8.76. The third kappa shape index (κ3) is 8.47. The van der Waals surface area contributed by atoms with Gasteiger partial charge in [-0.05, 0) is 50.6 Å². The van der Waals surface area contributed by atoms with Crippen LogP contribution in [-0.4, -0.2) is 31.0 Å². The van der Waals surface area contributed by atoms with Crippen molar-refractivity contribution in [2.24, 2.45) is 4.99 Å². The fourth-order valence-corrected chi connectivity index (χ4v) is 2.40. The first kappa shape index (κ1) is 23.0. The highest BCUT2D eigenvalue weighted by atomic mass is 127. The van der Waals surface area contributed by atoms with E-state index in [2.05, 4.69) is 20.9 Å². The molecule has 0 atom stereocenters. The van der Waals surface area contributed by atoms with Gasteiger partial charge in [-0.1, -0.05) is 12.1 Å². The predicted molar refractivity (Wildman–Crippen MR) is 120 cm³/mol. The lowest BCUT2D eigenvalue weighted by Crippen LogP contribution is -2.40. The van der Waals surface area contributed by atoms with Gasteiger partial charge in [0.05, 0.1) is 6.26 Å². The first-order valence-corrected chi connectivity index (χ1v) is 8.76. The number of nitrogens with zero attached hydrogens (tertiary/aromatic N) is 1. The number of amides is 1. The Kier molecular flexibility index (Phi) is 9.34. The van der Waals surface area contributed by atoms with E-state index in [1.54, 1.807) is 13.3 Å². The number of carbonyl (C=O) groups excluding carboxylic acids is 1. The number of carbonyl (C=O) groups is 1. The maximum Gasteiger partial charge on any atom is 0.251 e. The van der Waals surface area contributed by atoms with Gasteiger partial charge in [0.25, 0.3) is 5.91 Å².